The number of hydrogen-bond acceptors (Lipinski definition) is 4. The van der Waals surface area contributed by atoms with Gasteiger partial charge in [-0.15, -0.1) is 11.3 Å². The molecule has 2 aromatic heterocycles. The van der Waals surface area contributed by atoms with Crippen LogP contribution in [0.1, 0.15) is 0 Å². The van der Waals surface area contributed by atoms with E-state index < -0.39 is 0 Å². The molecule has 0 aliphatic heterocycles. The van der Waals surface area contributed by atoms with Crippen LogP contribution in [0.15, 0.2) is 69.2 Å². The van der Waals surface area contributed by atoms with Crippen LogP contribution in [0.25, 0.3) is 32.5 Å². The normalized spacial score (nSPS) is 11.0. The van der Waals surface area contributed by atoms with Crippen molar-refractivity contribution in [2.75, 3.05) is 7.11 Å². The zero-order chi connectivity index (χ0) is 17.4. The Kier molecular flexibility index (Phi) is 4.07. The third-order valence-electron chi connectivity index (χ3n) is 4.03. The summed E-state index contributed by atoms with van der Waals surface area (Å²) in [6.07, 6.45) is 0. The molecule has 0 saturated heterocycles. The van der Waals surface area contributed by atoms with E-state index in [0.29, 0.717) is 21.7 Å². The van der Waals surface area contributed by atoms with Gasteiger partial charge in [-0.1, -0.05) is 35.9 Å². The molecule has 0 N–H and O–H groups in total. The molecule has 2 heterocycles. The third-order valence-corrected chi connectivity index (χ3v) is 5.29. The molecule has 0 atom stereocenters. The Hall–Kier alpha value is -2.56. The van der Waals surface area contributed by atoms with Gasteiger partial charge in [0.1, 0.15) is 11.5 Å². The maximum absolute atomic E-state index is 12.6. The van der Waals surface area contributed by atoms with Crippen molar-refractivity contribution >= 4 is 33.0 Å². The van der Waals surface area contributed by atoms with Gasteiger partial charge in [-0.05, 0) is 35.9 Å². The number of rotatable bonds is 3. The second kappa shape index (κ2) is 6.39. The summed E-state index contributed by atoms with van der Waals surface area (Å²) in [7, 11) is 1.62. The van der Waals surface area contributed by atoms with Crippen LogP contribution >= 0.6 is 22.9 Å². The molecule has 4 aromatic rings. The molecule has 0 aliphatic carbocycles. The lowest BCUT2D eigenvalue weighted by molar-refractivity contribution is 0.415. The Bertz CT molecular complexity index is 1110. The summed E-state index contributed by atoms with van der Waals surface area (Å²) in [4.78, 5) is 12.6. The molecule has 2 aromatic carbocycles. The lowest BCUT2D eigenvalue weighted by atomic mass is 10.1. The van der Waals surface area contributed by atoms with Crippen LogP contribution < -0.4 is 10.4 Å². The highest BCUT2D eigenvalue weighted by Gasteiger charge is 2.15. The first-order valence-electron chi connectivity index (χ1n) is 7.62. The summed E-state index contributed by atoms with van der Waals surface area (Å²) in [6, 6.07) is 16.8. The number of methoxy groups -OCH3 is 1. The van der Waals surface area contributed by atoms with Crippen molar-refractivity contribution in [2.45, 2.75) is 0 Å². The first-order valence-corrected chi connectivity index (χ1v) is 8.88. The molecule has 0 bridgehead atoms. The molecule has 5 heteroatoms. The van der Waals surface area contributed by atoms with Crippen molar-refractivity contribution in [3.63, 3.8) is 0 Å². The summed E-state index contributed by atoms with van der Waals surface area (Å²) >= 11 is 7.73. The average Bonchev–Trinajstić information content (AvgIpc) is 3.07. The van der Waals surface area contributed by atoms with Crippen LogP contribution in [0.2, 0.25) is 5.02 Å². The molecule has 0 spiro atoms. The molecule has 0 saturated carbocycles. The third kappa shape index (κ3) is 2.84. The van der Waals surface area contributed by atoms with Crippen molar-refractivity contribution in [1.82, 2.24) is 0 Å². The maximum Gasteiger partial charge on any atom is 0.345 e. The fourth-order valence-corrected chi connectivity index (χ4v) is 3.98. The van der Waals surface area contributed by atoms with E-state index in [1.54, 1.807) is 13.2 Å². The Balaban J connectivity index is 1.87. The lowest BCUT2D eigenvalue weighted by Crippen LogP contribution is -2.00. The Labute approximate surface area is 153 Å². The number of thiophene rings is 1. The van der Waals surface area contributed by atoms with E-state index in [1.165, 1.54) is 11.3 Å². The van der Waals surface area contributed by atoms with E-state index in [-0.39, 0.29) is 5.63 Å². The minimum Gasteiger partial charge on any atom is -0.497 e. The molecule has 124 valence electrons. The Morgan fingerprint density at radius 3 is 2.52 bits per heavy atom. The predicted octanol–water partition coefficient (Wildman–Crippen LogP) is 5.85. The van der Waals surface area contributed by atoms with Crippen molar-refractivity contribution in [3.05, 3.63) is 75.4 Å². The van der Waals surface area contributed by atoms with Crippen molar-refractivity contribution in [3.8, 4) is 28.2 Å². The van der Waals surface area contributed by atoms with E-state index in [1.807, 2.05) is 53.9 Å². The number of benzene rings is 2. The van der Waals surface area contributed by atoms with E-state index in [4.69, 9.17) is 20.8 Å². The van der Waals surface area contributed by atoms with Crippen molar-refractivity contribution in [1.29, 1.82) is 0 Å². The van der Waals surface area contributed by atoms with Gasteiger partial charge in [-0.2, -0.15) is 0 Å². The number of fused-ring (bicyclic) bond motifs is 1. The minimum absolute atomic E-state index is 0.362. The first kappa shape index (κ1) is 15.9. The van der Waals surface area contributed by atoms with Crippen LogP contribution in [-0.4, -0.2) is 7.11 Å². The van der Waals surface area contributed by atoms with Crippen LogP contribution in [-0.2, 0) is 0 Å². The zero-order valence-corrected chi connectivity index (χ0v) is 14.9. The largest absolute Gasteiger partial charge is 0.497 e. The fraction of sp³-hybridized carbons (Fsp3) is 0.0500. The number of halogens is 1. The monoisotopic (exact) mass is 368 g/mol. The summed E-state index contributed by atoms with van der Waals surface area (Å²) < 4.78 is 11.6. The topological polar surface area (TPSA) is 39.4 Å². The summed E-state index contributed by atoms with van der Waals surface area (Å²) in [6.45, 7) is 0. The van der Waals surface area contributed by atoms with Crippen LogP contribution in [0.4, 0.5) is 0 Å². The highest BCUT2D eigenvalue weighted by molar-refractivity contribution is 7.17. The molecule has 3 nitrogen and oxygen atoms in total. The van der Waals surface area contributed by atoms with Gasteiger partial charge in [-0.25, -0.2) is 4.79 Å². The molecule has 4 rings (SSSR count). The Morgan fingerprint density at radius 2 is 1.80 bits per heavy atom. The van der Waals surface area contributed by atoms with Gasteiger partial charge < -0.3 is 9.15 Å². The standard InChI is InChI=1S/C20H13ClO3S/c1-23-13-8-6-12(7-9-13)15-11-25-18-10-17(24-20(22)19(15)18)14-4-2-3-5-16(14)21/h2-11H,1H3. The molecule has 0 unspecified atom stereocenters. The maximum atomic E-state index is 12.6. The lowest BCUT2D eigenvalue weighted by Gasteiger charge is -2.04. The fourth-order valence-electron chi connectivity index (χ4n) is 2.77. The molecule has 0 radical (unpaired) electrons. The number of ether oxygens (including phenoxy) is 1. The molecule has 25 heavy (non-hydrogen) atoms. The highest BCUT2D eigenvalue weighted by atomic mass is 35.5. The summed E-state index contributed by atoms with van der Waals surface area (Å²) in [5, 5.41) is 3.11. The molecular weight excluding hydrogens is 356 g/mol. The van der Waals surface area contributed by atoms with E-state index in [9.17, 15) is 4.79 Å². The van der Waals surface area contributed by atoms with Gasteiger partial charge in [0, 0.05) is 21.2 Å². The molecule has 0 aliphatic rings. The van der Waals surface area contributed by atoms with Gasteiger partial charge in [-0.3, -0.25) is 0 Å². The minimum atomic E-state index is -0.362. The number of hydrogen-bond donors (Lipinski definition) is 0. The van der Waals surface area contributed by atoms with Gasteiger partial charge in [0.25, 0.3) is 0 Å². The SMILES string of the molecule is COc1ccc(-c2csc3cc(-c4ccccc4Cl)oc(=O)c23)cc1. The molecule has 0 amide bonds. The molecule has 0 fully saturated rings. The van der Waals surface area contributed by atoms with E-state index >= 15 is 0 Å². The highest BCUT2D eigenvalue weighted by Crippen LogP contribution is 2.36. The van der Waals surface area contributed by atoms with Crippen molar-refractivity contribution in [2.24, 2.45) is 0 Å². The smallest absolute Gasteiger partial charge is 0.345 e. The quantitative estimate of drug-likeness (QED) is 0.455. The summed E-state index contributed by atoms with van der Waals surface area (Å²) in [5.41, 5.74) is 2.16. The van der Waals surface area contributed by atoms with E-state index in [0.717, 1.165) is 21.6 Å². The van der Waals surface area contributed by atoms with Crippen LogP contribution in [0.5, 0.6) is 5.75 Å². The first-order chi connectivity index (χ1) is 12.2. The molecular formula is C20H13ClO3S. The van der Waals surface area contributed by atoms with Gasteiger partial charge in [0.05, 0.1) is 17.5 Å². The Morgan fingerprint density at radius 1 is 1.04 bits per heavy atom. The van der Waals surface area contributed by atoms with Crippen LogP contribution in [0.3, 0.4) is 0 Å². The zero-order valence-electron chi connectivity index (χ0n) is 13.3. The predicted molar refractivity (Wildman–Crippen MR) is 103 cm³/mol. The second-order valence-electron chi connectivity index (χ2n) is 5.50. The van der Waals surface area contributed by atoms with Crippen LogP contribution in [0, 0.1) is 0 Å². The van der Waals surface area contributed by atoms with Gasteiger partial charge in [0.2, 0.25) is 0 Å². The van der Waals surface area contributed by atoms with Gasteiger partial charge >= 0.3 is 5.63 Å². The summed E-state index contributed by atoms with van der Waals surface area (Å²) in [5.74, 6) is 1.25. The van der Waals surface area contributed by atoms with Crippen molar-refractivity contribution < 1.29 is 9.15 Å². The second-order valence-corrected chi connectivity index (χ2v) is 6.81. The van der Waals surface area contributed by atoms with E-state index in [2.05, 4.69) is 0 Å². The average molecular weight is 369 g/mol. The van der Waals surface area contributed by atoms with Gasteiger partial charge in [0.15, 0.2) is 0 Å².